The Morgan fingerprint density at radius 2 is 1.40 bits per heavy atom. The van der Waals surface area contributed by atoms with Gasteiger partial charge in [-0.25, -0.2) is 9.97 Å². The van der Waals surface area contributed by atoms with E-state index in [1.807, 2.05) is 45.0 Å². The summed E-state index contributed by atoms with van der Waals surface area (Å²) in [5.41, 5.74) is 2.16. The van der Waals surface area contributed by atoms with E-state index >= 15 is 0 Å². The van der Waals surface area contributed by atoms with Crippen LogP contribution in [0, 0.1) is 18.8 Å². The Kier molecular flexibility index (Phi) is 9.06. The third-order valence-electron chi connectivity index (χ3n) is 8.57. The van der Waals surface area contributed by atoms with E-state index in [2.05, 4.69) is 30.6 Å². The Morgan fingerprint density at radius 3 is 1.98 bits per heavy atom. The van der Waals surface area contributed by atoms with Crippen molar-refractivity contribution in [1.82, 2.24) is 30.6 Å². The van der Waals surface area contributed by atoms with Gasteiger partial charge in [0.05, 0.1) is 12.1 Å². The molecule has 12 heteroatoms. The predicted molar refractivity (Wildman–Crippen MR) is 177 cm³/mol. The second-order valence-electron chi connectivity index (χ2n) is 12.2. The molecule has 0 fully saturated rings. The number of benzene rings is 2. The number of nitrogens with zero attached hydrogens (tertiary/aromatic N) is 4. The SMILES string of the molecule is Cc1nc(C(=O)NC(c2ccc3cccnc3c2O)C(C)CCc2ocnc2C(=O)NC(c2ccc3cccnc3c2O)C(C)C)co1. The Bertz CT molecular complexity index is 2100. The molecule has 4 aromatic heterocycles. The van der Waals surface area contributed by atoms with E-state index in [0.29, 0.717) is 46.7 Å². The second-order valence-corrected chi connectivity index (χ2v) is 12.2. The van der Waals surface area contributed by atoms with E-state index in [4.69, 9.17) is 8.83 Å². The monoisotopic (exact) mass is 648 g/mol. The third kappa shape index (κ3) is 6.41. The number of amides is 2. The normalized spacial score (nSPS) is 13.4. The average molecular weight is 649 g/mol. The molecule has 6 rings (SSSR count). The first-order valence-electron chi connectivity index (χ1n) is 15.7. The van der Waals surface area contributed by atoms with Gasteiger partial charge in [-0.1, -0.05) is 57.2 Å². The van der Waals surface area contributed by atoms with Gasteiger partial charge in [-0.3, -0.25) is 19.6 Å². The molecule has 0 spiro atoms. The van der Waals surface area contributed by atoms with Crippen LogP contribution < -0.4 is 10.6 Å². The van der Waals surface area contributed by atoms with Crippen LogP contribution in [0.5, 0.6) is 11.5 Å². The van der Waals surface area contributed by atoms with Crippen LogP contribution >= 0.6 is 0 Å². The minimum Gasteiger partial charge on any atom is -0.505 e. The maximum atomic E-state index is 13.6. The second kappa shape index (κ2) is 13.5. The van der Waals surface area contributed by atoms with Gasteiger partial charge in [0.1, 0.15) is 34.6 Å². The molecule has 0 aliphatic heterocycles. The van der Waals surface area contributed by atoms with Crippen molar-refractivity contribution in [1.29, 1.82) is 0 Å². The van der Waals surface area contributed by atoms with Crippen molar-refractivity contribution >= 4 is 33.6 Å². The lowest BCUT2D eigenvalue weighted by Crippen LogP contribution is -2.33. The molecule has 3 atom stereocenters. The summed E-state index contributed by atoms with van der Waals surface area (Å²) in [6.07, 6.45) is 6.47. The largest absolute Gasteiger partial charge is 0.505 e. The number of phenols is 2. The quantitative estimate of drug-likeness (QED) is 0.124. The van der Waals surface area contributed by atoms with Gasteiger partial charge in [0.2, 0.25) is 0 Å². The van der Waals surface area contributed by atoms with Gasteiger partial charge in [-0.2, -0.15) is 0 Å². The number of phenolic OH excluding ortho intramolecular Hbond substituents is 2. The minimum atomic E-state index is -0.657. The van der Waals surface area contributed by atoms with E-state index in [1.54, 1.807) is 43.6 Å². The number of aromatic hydroxyl groups is 2. The van der Waals surface area contributed by atoms with Crippen LogP contribution in [0.15, 0.2) is 82.4 Å². The molecule has 0 aliphatic carbocycles. The number of hydrogen-bond acceptors (Lipinski definition) is 10. The number of hydrogen-bond donors (Lipinski definition) is 4. The topological polar surface area (TPSA) is 176 Å². The van der Waals surface area contributed by atoms with Crippen LogP contribution in [-0.2, 0) is 6.42 Å². The lowest BCUT2D eigenvalue weighted by atomic mass is 9.88. The van der Waals surface area contributed by atoms with Gasteiger partial charge in [0.15, 0.2) is 23.7 Å². The molecule has 0 saturated carbocycles. The standard InChI is InChI=1S/C36H36N6O6/c1-19(2)28(24-12-10-22-7-5-15-37-30(22)33(24)43)41-36(46)32-27(48-18-39-32)14-9-20(3)29(42-35(45)26-17-47-21(4)40-26)25-13-11-23-8-6-16-38-31(23)34(25)44/h5-8,10-13,15-20,28-29,43-44H,9,14H2,1-4H3,(H,41,46)(H,42,45). The summed E-state index contributed by atoms with van der Waals surface area (Å²) in [6, 6.07) is 13.4. The van der Waals surface area contributed by atoms with Gasteiger partial charge < -0.3 is 29.7 Å². The molecule has 6 aromatic rings. The van der Waals surface area contributed by atoms with E-state index in [-0.39, 0.29) is 34.7 Å². The zero-order valence-electron chi connectivity index (χ0n) is 27.0. The number of rotatable bonds is 11. The Labute approximate surface area is 276 Å². The van der Waals surface area contributed by atoms with Gasteiger partial charge in [-0.05, 0) is 30.4 Å². The summed E-state index contributed by atoms with van der Waals surface area (Å²) in [6.45, 7) is 7.48. The van der Waals surface area contributed by atoms with Gasteiger partial charge in [0.25, 0.3) is 11.8 Å². The molecule has 3 unspecified atom stereocenters. The van der Waals surface area contributed by atoms with Crippen molar-refractivity contribution in [2.75, 3.05) is 0 Å². The van der Waals surface area contributed by atoms with Crippen molar-refractivity contribution < 1.29 is 28.6 Å². The number of pyridine rings is 2. The highest BCUT2D eigenvalue weighted by molar-refractivity contribution is 5.94. The van der Waals surface area contributed by atoms with Gasteiger partial charge in [0, 0.05) is 47.6 Å². The Morgan fingerprint density at radius 1 is 0.792 bits per heavy atom. The van der Waals surface area contributed by atoms with Gasteiger partial charge in [-0.15, -0.1) is 0 Å². The summed E-state index contributed by atoms with van der Waals surface area (Å²) in [4.78, 5) is 43.9. The summed E-state index contributed by atoms with van der Waals surface area (Å²) >= 11 is 0. The molecule has 12 nitrogen and oxygen atoms in total. The molecule has 2 amide bonds. The Hall–Kier alpha value is -5.78. The molecule has 0 radical (unpaired) electrons. The van der Waals surface area contributed by atoms with Crippen molar-refractivity contribution in [2.24, 2.45) is 11.8 Å². The maximum absolute atomic E-state index is 13.6. The number of oxazole rings is 2. The molecule has 246 valence electrons. The zero-order chi connectivity index (χ0) is 33.9. The molecule has 48 heavy (non-hydrogen) atoms. The molecule has 4 N–H and O–H groups in total. The molecule has 4 heterocycles. The number of aryl methyl sites for hydroxylation is 2. The summed E-state index contributed by atoms with van der Waals surface area (Å²) in [7, 11) is 0. The molecule has 2 aromatic carbocycles. The van der Waals surface area contributed by atoms with Crippen LogP contribution in [0.1, 0.15) is 83.0 Å². The molecule has 0 saturated heterocycles. The van der Waals surface area contributed by atoms with Crippen LogP contribution in [0.2, 0.25) is 0 Å². The van der Waals surface area contributed by atoms with Crippen molar-refractivity contribution in [2.45, 2.75) is 52.6 Å². The highest BCUT2D eigenvalue weighted by Gasteiger charge is 2.29. The highest BCUT2D eigenvalue weighted by atomic mass is 16.3. The van der Waals surface area contributed by atoms with E-state index in [0.717, 1.165) is 10.8 Å². The number of aromatic nitrogens is 4. The van der Waals surface area contributed by atoms with Crippen LogP contribution in [0.3, 0.4) is 0 Å². The number of fused-ring (bicyclic) bond motifs is 2. The lowest BCUT2D eigenvalue weighted by molar-refractivity contribution is 0.0912. The number of carbonyl (C=O) groups excluding carboxylic acids is 2. The summed E-state index contributed by atoms with van der Waals surface area (Å²) in [5.74, 6) is -0.543. The lowest BCUT2D eigenvalue weighted by Gasteiger charge is -2.26. The molecule has 0 bridgehead atoms. The third-order valence-corrected chi connectivity index (χ3v) is 8.57. The summed E-state index contributed by atoms with van der Waals surface area (Å²) < 4.78 is 10.9. The summed E-state index contributed by atoms with van der Waals surface area (Å²) in [5, 5.41) is 29.9. The smallest absolute Gasteiger partial charge is 0.274 e. The zero-order valence-corrected chi connectivity index (χ0v) is 27.0. The van der Waals surface area contributed by atoms with Gasteiger partial charge >= 0.3 is 0 Å². The van der Waals surface area contributed by atoms with Crippen molar-refractivity contribution in [3.8, 4) is 11.5 Å². The fraction of sp³-hybridized carbons (Fsp3) is 0.278. The van der Waals surface area contributed by atoms with E-state index < -0.39 is 23.9 Å². The van der Waals surface area contributed by atoms with E-state index in [9.17, 15) is 19.8 Å². The molecule has 0 aliphatic rings. The first-order chi connectivity index (χ1) is 23.1. The molecular weight excluding hydrogens is 612 g/mol. The van der Waals surface area contributed by atoms with Crippen LogP contribution in [0.4, 0.5) is 0 Å². The maximum Gasteiger partial charge on any atom is 0.274 e. The number of nitrogens with one attached hydrogen (secondary N) is 2. The van der Waals surface area contributed by atoms with Crippen molar-refractivity contribution in [3.05, 3.63) is 108 Å². The molecular formula is C36H36N6O6. The van der Waals surface area contributed by atoms with E-state index in [1.165, 1.54) is 12.7 Å². The minimum absolute atomic E-state index is 0.0160. The number of carbonyl (C=O) groups is 2. The van der Waals surface area contributed by atoms with Crippen LogP contribution in [-0.4, -0.2) is 42.0 Å². The first kappa shape index (κ1) is 32.2. The highest BCUT2D eigenvalue weighted by Crippen LogP contribution is 2.37. The average Bonchev–Trinajstić information content (AvgIpc) is 3.75. The Balaban J connectivity index is 1.23. The van der Waals surface area contributed by atoms with Crippen molar-refractivity contribution in [3.63, 3.8) is 0 Å². The fourth-order valence-corrected chi connectivity index (χ4v) is 5.97. The van der Waals surface area contributed by atoms with Crippen LogP contribution in [0.25, 0.3) is 21.8 Å². The predicted octanol–water partition coefficient (Wildman–Crippen LogP) is 6.35. The fourth-order valence-electron chi connectivity index (χ4n) is 5.97. The first-order valence-corrected chi connectivity index (χ1v) is 15.7.